The van der Waals surface area contributed by atoms with Gasteiger partial charge in [0.2, 0.25) is 0 Å². The van der Waals surface area contributed by atoms with Crippen LogP contribution in [0.2, 0.25) is 0 Å². The highest BCUT2D eigenvalue weighted by Gasteiger charge is 2.32. The Morgan fingerprint density at radius 2 is 2.38 bits per heavy atom. The lowest BCUT2D eigenvalue weighted by atomic mass is 10.2. The summed E-state index contributed by atoms with van der Waals surface area (Å²) in [5, 5.41) is 9.21. The number of aliphatic hydroxyl groups is 1. The molecule has 0 spiro atoms. The predicted molar refractivity (Wildman–Crippen MR) is 46.2 cm³/mol. The fourth-order valence-corrected chi connectivity index (χ4v) is 1.94. The van der Waals surface area contributed by atoms with E-state index in [0.717, 1.165) is 19.4 Å². The summed E-state index contributed by atoms with van der Waals surface area (Å²) in [6.07, 6.45) is 2.15. The second kappa shape index (κ2) is 3.64. The smallest absolute Gasteiger partial charge is 0.251 e. The van der Waals surface area contributed by atoms with Gasteiger partial charge in [-0.2, -0.15) is 0 Å². The lowest BCUT2D eigenvalue weighted by Crippen LogP contribution is -2.35. The van der Waals surface area contributed by atoms with Gasteiger partial charge in [-0.1, -0.05) is 0 Å². The van der Waals surface area contributed by atoms with E-state index in [-0.39, 0.29) is 12.0 Å². The van der Waals surface area contributed by atoms with Crippen molar-refractivity contribution in [3.05, 3.63) is 0 Å². The third kappa shape index (κ3) is 1.84. The Kier molecular flexibility index (Phi) is 2.51. The first-order valence-corrected chi connectivity index (χ1v) is 4.86. The average Bonchev–Trinajstić information content (AvgIpc) is 2.71. The quantitative estimate of drug-likeness (QED) is 0.646. The van der Waals surface area contributed by atoms with E-state index in [1.165, 1.54) is 0 Å². The van der Waals surface area contributed by atoms with Crippen molar-refractivity contribution >= 4 is 5.91 Å². The zero-order valence-corrected chi connectivity index (χ0v) is 7.61. The predicted octanol–water partition coefficient (Wildman–Crippen LogP) is -0.241. The highest BCUT2D eigenvalue weighted by atomic mass is 16.5. The summed E-state index contributed by atoms with van der Waals surface area (Å²) in [7, 11) is 0. The molecule has 4 heteroatoms. The van der Waals surface area contributed by atoms with Crippen molar-refractivity contribution in [1.82, 2.24) is 4.90 Å². The summed E-state index contributed by atoms with van der Waals surface area (Å²) < 4.78 is 5.42. The lowest BCUT2D eigenvalue weighted by molar-refractivity contribution is -0.135. The highest BCUT2D eigenvalue weighted by molar-refractivity contribution is 5.82. The van der Waals surface area contributed by atoms with Crippen molar-refractivity contribution < 1.29 is 14.6 Å². The Labute approximate surface area is 77.5 Å². The molecule has 2 aliphatic rings. The fourth-order valence-electron chi connectivity index (χ4n) is 1.94. The zero-order valence-electron chi connectivity index (χ0n) is 7.61. The van der Waals surface area contributed by atoms with Crippen molar-refractivity contribution in [1.29, 1.82) is 0 Å². The van der Waals surface area contributed by atoms with Gasteiger partial charge in [-0.3, -0.25) is 4.79 Å². The average molecular weight is 185 g/mol. The van der Waals surface area contributed by atoms with Gasteiger partial charge in [0, 0.05) is 19.7 Å². The van der Waals surface area contributed by atoms with Crippen LogP contribution in [-0.4, -0.2) is 47.8 Å². The maximum atomic E-state index is 11.3. The molecule has 0 radical (unpaired) electrons. The van der Waals surface area contributed by atoms with Crippen LogP contribution in [0.5, 0.6) is 0 Å². The number of likely N-dealkylation sites (tertiary alicyclic amines) is 1. The molecule has 4 nitrogen and oxygen atoms in total. The molecule has 0 aromatic rings. The SMILES string of the molecule is O=C1C(O)CCN1CC1CCCO1. The maximum Gasteiger partial charge on any atom is 0.251 e. The second-order valence-corrected chi connectivity index (χ2v) is 3.72. The molecule has 0 aromatic carbocycles. The minimum absolute atomic E-state index is 0.129. The first-order valence-electron chi connectivity index (χ1n) is 4.86. The number of hydrogen-bond acceptors (Lipinski definition) is 3. The Morgan fingerprint density at radius 1 is 1.54 bits per heavy atom. The van der Waals surface area contributed by atoms with Gasteiger partial charge < -0.3 is 14.7 Å². The molecule has 0 bridgehead atoms. The van der Waals surface area contributed by atoms with Gasteiger partial charge in [0.1, 0.15) is 6.10 Å². The van der Waals surface area contributed by atoms with E-state index in [0.29, 0.717) is 19.5 Å². The molecule has 2 fully saturated rings. The van der Waals surface area contributed by atoms with Crippen molar-refractivity contribution in [2.45, 2.75) is 31.5 Å². The third-order valence-corrected chi connectivity index (χ3v) is 2.72. The van der Waals surface area contributed by atoms with Gasteiger partial charge in [0.15, 0.2) is 0 Å². The zero-order chi connectivity index (χ0) is 9.26. The summed E-state index contributed by atoms with van der Waals surface area (Å²) >= 11 is 0. The largest absolute Gasteiger partial charge is 0.383 e. The van der Waals surface area contributed by atoms with Crippen LogP contribution in [0.25, 0.3) is 0 Å². The topological polar surface area (TPSA) is 49.8 Å². The molecular formula is C9H15NO3. The normalized spacial score (nSPS) is 34.5. The van der Waals surface area contributed by atoms with Gasteiger partial charge in [-0.05, 0) is 19.3 Å². The molecule has 13 heavy (non-hydrogen) atoms. The van der Waals surface area contributed by atoms with E-state index >= 15 is 0 Å². The molecule has 74 valence electrons. The molecular weight excluding hydrogens is 170 g/mol. The van der Waals surface area contributed by atoms with Crippen LogP contribution in [0.3, 0.4) is 0 Å². The molecule has 1 amide bonds. The van der Waals surface area contributed by atoms with Gasteiger partial charge >= 0.3 is 0 Å². The van der Waals surface area contributed by atoms with Crippen LogP contribution in [-0.2, 0) is 9.53 Å². The molecule has 2 atom stereocenters. The number of amides is 1. The standard InChI is InChI=1S/C9H15NO3/c11-8-3-4-10(9(8)12)6-7-2-1-5-13-7/h7-8,11H,1-6H2. The first kappa shape index (κ1) is 8.97. The summed E-state index contributed by atoms with van der Waals surface area (Å²) in [5.74, 6) is -0.129. The van der Waals surface area contributed by atoms with Gasteiger partial charge in [0.05, 0.1) is 6.10 Å². The van der Waals surface area contributed by atoms with Gasteiger partial charge in [-0.15, -0.1) is 0 Å². The number of hydrogen-bond donors (Lipinski definition) is 1. The van der Waals surface area contributed by atoms with Crippen LogP contribution in [0.1, 0.15) is 19.3 Å². The molecule has 1 N–H and O–H groups in total. The number of rotatable bonds is 2. The Hall–Kier alpha value is -0.610. The molecule has 2 heterocycles. The molecule has 0 saturated carbocycles. The van der Waals surface area contributed by atoms with Gasteiger partial charge in [-0.25, -0.2) is 0 Å². The monoisotopic (exact) mass is 185 g/mol. The van der Waals surface area contributed by atoms with Crippen molar-refractivity contribution in [2.75, 3.05) is 19.7 Å². The van der Waals surface area contributed by atoms with Crippen molar-refractivity contribution in [3.8, 4) is 0 Å². The molecule has 2 unspecified atom stereocenters. The second-order valence-electron chi connectivity index (χ2n) is 3.72. The Balaban J connectivity index is 1.84. The molecule has 2 saturated heterocycles. The van der Waals surface area contributed by atoms with E-state index in [2.05, 4.69) is 0 Å². The number of carbonyl (C=O) groups excluding carboxylic acids is 1. The molecule has 0 aliphatic carbocycles. The summed E-state index contributed by atoms with van der Waals surface area (Å²) in [6.45, 7) is 2.16. The minimum Gasteiger partial charge on any atom is -0.383 e. The summed E-state index contributed by atoms with van der Waals surface area (Å²) in [5.41, 5.74) is 0. The van der Waals surface area contributed by atoms with E-state index in [4.69, 9.17) is 4.74 Å². The summed E-state index contributed by atoms with van der Waals surface area (Å²) in [4.78, 5) is 13.0. The number of ether oxygens (including phenoxy) is 1. The third-order valence-electron chi connectivity index (χ3n) is 2.72. The van der Waals surface area contributed by atoms with Crippen LogP contribution in [0.15, 0.2) is 0 Å². The maximum absolute atomic E-state index is 11.3. The molecule has 2 aliphatic heterocycles. The van der Waals surface area contributed by atoms with Crippen LogP contribution < -0.4 is 0 Å². The summed E-state index contributed by atoms with van der Waals surface area (Å²) in [6, 6.07) is 0. The first-order chi connectivity index (χ1) is 6.27. The Morgan fingerprint density at radius 3 is 2.92 bits per heavy atom. The van der Waals surface area contributed by atoms with E-state index in [1.54, 1.807) is 4.90 Å². The lowest BCUT2D eigenvalue weighted by Gasteiger charge is -2.19. The minimum atomic E-state index is -0.763. The van der Waals surface area contributed by atoms with E-state index < -0.39 is 6.10 Å². The van der Waals surface area contributed by atoms with Crippen molar-refractivity contribution in [2.24, 2.45) is 0 Å². The van der Waals surface area contributed by atoms with Crippen molar-refractivity contribution in [3.63, 3.8) is 0 Å². The van der Waals surface area contributed by atoms with E-state index in [1.807, 2.05) is 0 Å². The number of nitrogens with zero attached hydrogens (tertiary/aromatic N) is 1. The highest BCUT2D eigenvalue weighted by Crippen LogP contribution is 2.17. The fraction of sp³-hybridized carbons (Fsp3) is 0.889. The van der Waals surface area contributed by atoms with Crippen LogP contribution in [0, 0.1) is 0 Å². The number of carbonyl (C=O) groups is 1. The van der Waals surface area contributed by atoms with Crippen LogP contribution >= 0.6 is 0 Å². The molecule has 2 rings (SSSR count). The molecule has 0 aromatic heterocycles. The van der Waals surface area contributed by atoms with Gasteiger partial charge in [0.25, 0.3) is 5.91 Å². The Bertz CT molecular complexity index is 201. The van der Waals surface area contributed by atoms with Crippen LogP contribution in [0.4, 0.5) is 0 Å². The van der Waals surface area contributed by atoms with E-state index in [9.17, 15) is 9.90 Å². The number of aliphatic hydroxyl groups excluding tert-OH is 1.